The van der Waals surface area contributed by atoms with Crippen LogP contribution in [0.1, 0.15) is 51.1 Å². The van der Waals surface area contributed by atoms with Crippen LogP contribution in [-0.2, 0) is 17.8 Å². The lowest BCUT2D eigenvalue weighted by Crippen LogP contribution is -2.53. The fraction of sp³-hybridized carbons (Fsp3) is 0.364. The van der Waals surface area contributed by atoms with E-state index in [4.69, 9.17) is 9.15 Å². The van der Waals surface area contributed by atoms with Crippen molar-refractivity contribution in [2.45, 2.75) is 52.3 Å². The first-order chi connectivity index (χ1) is 21.7. The Balaban J connectivity index is 1.40. The monoisotopic (exact) mass is 614 g/mol. The molecule has 12 heteroatoms. The molecule has 2 aromatic heterocycles. The molecule has 0 saturated heterocycles. The van der Waals surface area contributed by atoms with E-state index in [0.29, 0.717) is 60.9 Å². The molecule has 3 N–H and O–H groups in total. The Morgan fingerprint density at radius 2 is 1.84 bits per heavy atom. The minimum absolute atomic E-state index is 0.0797. The number of ether oxygens (including phenoxy) is 1. The van der Waals surface area contributed by atoms with E-state index in [9.17, 15) is 19.5 Å². The molecule has 0 spiro atoms. The standard InChI is InChI=1S/C33H38N6O6/c1-21-10-11-25-19-28(21)44-17-7-14-39-20-26(36-37-39)12-15-38(16-13-34-32(42)29(23(3)40)35-31(25)41)33(43)27-18-22(2)45-30(27)24-8-5-4-6-9-24/h4-6,8-11,18-20,23,29,40H,7,12-17H2,1-3H3,(H,34,42)(H,35,41)/t23-,29+/m1/s1. The molecule has 3 amide bonds. The fourth-order valence-electron chi connectivity index (χ4n) is 5.13. The molecule has 5 rings (SSSR count). The molecule has 4 bridgehead atoms. The maximum atomic E-state index is 14.0. The third-order valence-corrected chi connectivity index (χ3v) is 7.60. The number of nitrogens with zero attached hydrogens (tertiary/aromatic N) is 4. The van der Waals surface area contributed by atoms with Gasteiger partial charge in [0.15, 0.2) is 0 Å². The number of aliphatic hydroxyl groups is 1. The molecule has 4 aromatic rings. The number of aryl methyl sites for hydroxylation is 3. The Hall–Kier alpha value is -4.97. The van der Waals surface area contributed by atoms with Gasteiger partial charge in [0.05, 0.1) is 24.0 Å². The van der Waals surface area contributed by atoms with Gasteiger partial charge in [0, 0.05) is 56.3 Å². The number of hydrogen-bond acceptors (Lipinski definition) is 8. The summed E-state index contributed by atoms with van der Waals surface area (Å²) >= 11 is 0. The smallest absolute Gasteiger partial charge is 0.257 e. The van der Waals surface area contributed by atoms with E-state index in [1.54, 1.807) is 40.8 Å². The van der Waals surface area contributed by atoms with Crippen molar-refractivity contribution in [2.24, 2.45) is 0 Å². The maximum Gasteiger partial charge on any atom is 0.257 e. The number of amides is 3. The lowest BCUT2D eigenvalue weighted by Gasteiger charge is -2.25. The summed E-state index contributed by atoms with van der Waals surface area (Å²) in [5, 5.41) is 24.3. The van der Waals surface area contributed by atoms with Gasteiger partial charge >= 0.3 is 0 Å². The molecule has 0 aliphatic carbocycles. The molecular formula is C33H38N6O6. The van der Waals surface area contributed by atoms with Gasteiger partial charge in [-0.1, -0.05) is 41.6 Å². The highest BCUT2D eigenvalue weighted by Crippen LogP contribution is 2.28. The highest BCUT2D eigenvalue weighted by Gasteiger charge is 2.28. The van der Waals surface area contributed by atoms with E-state index in [1.165, 1.54) is 6.92 Å². The lowest BCUT2D eigenvalue weighted by molar-refractivity contribution is -0.125. The van der Waals surface area contributed by atoms with Crippen molar-refractivity contribution in [3.63, 3.8) is 0 Å². The number of hydrogen-bond donors (Lipinski definition) is 3. The number of furan rings is 1. The first-order valence-corrected chi connectivity index (χ1v) is 15.0. The van der Waals surface area contributed by atoms with Crippen LogP contribution in [-0.4, -0.2) is 81.1 Å². The summed E-state index contributed by atoms with van der Waals surface area (Å²) in [6.45, 7) is 6.61. The number of nitrogens with one attached hydrogen (secondary N) is 2. The molecule has 12 nitrogen and oxygen atoms in total. The fourth-order valence-corrected chi connectivity index (χ4v) is 5.13. The summed E-state index contributed by atoms with van der Waals surface area (Å²) in [5.74, 6) is 0.269. The molecule has 0 radical (unpaired) electrons. The highest BCUT2D eigenvalue weighted by molar-refractivity contribution is 6.00. The summed E-state index contributed by atoms with van der Waals surface area (Å²) in [4.78, 5) is 41.9. The molecule has 1 aliphatic heterocycles. The van der Waals surface area contributed by atoms with Crippen LogP contribution in [0.3, 0.4) is 0 Å². The second-order valence-corrected chi connectivity index (χ2v) is 11.1. The Kier molecular flexibility index (Phi) is 9.93. The molecular weight excluding hydrogens is 576 g/mol. The first kappa shape index (κ1) is 31.5. The summed E-state index contributed by atoms with van der Waals surface area (Å²) in [6, 6.07) is 14.9. The number of fused-ring (bicyclic) bond motifs is 4. The zero-order chi connectivity index (χ0) is 31.9. The Morgan fingerprint density at radius 3 is 2.62 bits per heavy atom. The SMILES string of the molecule is Cc1cc(C(=O)N2CCNC(=O)[C@H]([C@@H](C)O)NC(=O)c3ccc(C)c(c3)OCCCn3cc(nn3)CC2)c(-c2ccccc2)o1. The molecule has 0 unspecified atom stereocenters. The van der Waals surface area contributed by atoms with Crippen LogP contribution in [0.25, 0.3) is 11.3 Å². The quantitative estimate of drug-likeness (QED) is 0.319. The molecule has 45 heavy (non-hydrogen) atoms. The van der Waals surface area contributed by atoms with E-state index < -0.39 is 24.0 Å². The van der Waals surface area contributed by atoms with Gasteiger partial charge in [-0.15, -0.1) is 5.10 Å². The Morgan fingerprint density at radius 1 is 1.04 bits per heavy atom. The van der Waals surface area contributed by atoms with Gasteiger partial charge in [0.2, 0.25) is 5.91 Å². The van der Waals surface area contributed by atoms with E-state index >= 15 is 0 Å². The minimum atomic E-state index is -1.21. The zero-order valence-electron chi connectivity index (χ0n) is 25.7. The molecule has 1 aliphatic rings. The van der Waals surface area contributed by atoms with Gasteiger partial charge < -0.3 is 29.8 Å². The number of carbonyl (C=O) groups is 3. The van der Waals surface area contributed by atoms with Gasteiger partial charge in [-0.25, -0.2) is 0 Å². The van der Waals surface area contributed by atoms with E-state index in [0.717, 1.165) is 16.8 Å². The van der Waals surface area contributed by atoms with Crippen LogP contribution in [0, 0.1) is 13.8 Å². The zero-order valence-corrected chi connectivity index (χ0v) is 25.7. The van der Waals surface area contributed by atoms with Crippen molar-refractivity contribution in [2.75, 3.05) is 26.2 Å². The maximum absolute atomic E-state index is 14.0. The number of aromatic nitrogens is 3. The van der Waals surface area contributed by atoms with Crippen molar-refractivity contribution >= 4 is 17.7 Å². The van der Waals surface area contributed by atoms with Crippen molar-refractivity contribution in [3.8, 4) is 17.1 Å². The highest BCUT2D eigenvalue weighted by atomic mass is 16.5. The topological polar surface area (TPSA) is 152 Å². The van der Waals surface area contributed by atoms with Gasteiger partial charge in [0.1, 0.15) is 23.3 Å². The van der Waals surface area contributed by atoms with Crippen LogP contribution < -0.4 is 15.4 Å². The normalized spacial score (nSPS) is 17.5. The van der Waals surface area contributed by atoms with Gasteiger partial charge in [-0.3, -0.25) is 19.1 Å². The molecule has 236 valence electrons. The van der Waals surface area contributed by atoms with E-state index in [-0.39, 0.29) is 19.0 Å². The average molecular weight is 615 g/mol. The third-order valence-electron chi connectivity index (χ3n) is 7.60. The summed E-state index contributed by atoms with van der Waals surface area (Å²) in [6.07, 6.45) is 1.77. The average Bonchev–Trinajstić information content (AvgIpc) is 3.66. The predicted octanol–water partition coefficient (Wildman–Crippen LogP) is 2.92. The predicted molar refractivity (Wildman–Crippen MR) is 166 cm³/mol. The first-order valence-electron chi connectivity index (χ1n) is 15.0. The molecule has 0 saturated carbocycles. The summed E-state index contributed by atoms with van der Waals surface area (Å²) < 4.78 is 13.6. The third kappa shape index (κ3) is 7.76. The second-order valence-electron chi connectivity index (χ2n) is 11.1. The van der Waals surface area contributed by atoms with Crippen molar-refractivity contribution < 1.29 is 28.6 Å². The Labute approximate surface area is 261 Å². The lowest BCUT2D eigenvalue weighted by atomic mass is 10.1. The summed E-state index contributed by atoms with van der Waals surface area (Å²) in [5.41, 5.74) is 3.07. The van der Waals surface area contributed by atoms with Crippen molar-refractivity contribution in [3.05, 3.63) is 88.9 Å². The molecule has 0 fully saturated rings. The molecule has 3 heterocycles. The van der Waals surface area contributed by atoms with E-state index in [2.05, 4.69) is 20.9 Å². The minimum Gasteiger partial charge on any atom is -0.493 e. The second kappa shape index (κ2) is 14.2. The number of aliphatic hydroxyl groups excluding tert-OH is 1. The van der Waals surface area contributed by atoms with E-state index in [1.807, 2.05) is 43.5 Å². The van der Waals surface area contributed by atoms with Gasteiger partial charge in [0.25, 0.3) is 11.8 Å². The Bertz CT molecular complexity index is 1650. The number of carbonyl (C=O) groups excluding carboxylic acids is 3. The largest absolute Gasteiger partial charge is 0.493 e. The van der Waals surface area contributed by atoms with Crippen LogP contribution >= 0.6 is 0 Å². The molecule has 2 aromatic carbocycles. The van der Waals surface area contributed by atoms with Crippen LogP contribution in [0.2, 0.25) is 0 Å². The van der Waals surface area contributed by atoms with Crippen molar-refractivity contribution in [1.29, 1.82) is 0 Å². The summed E-state index contributed by atoms with van der Waals surface area (Å²) in [7, 11) is 0. The van der Waals surface area contributed by atoms with Crippen LogP contribution in [0.15, 0.2) is 65.2 Å². The van der Waals surface area contributed by atoms with Gasteiger partial charge in [-0.05, 0) is 44.5 Å². The number of benzene rings is 2. The van der Waals surface area contributed by atoms with Crippen molar-refractivity contribution in [1.82, 2.24) is 30.5 Å². The van der Waals surface area contributed by atoms with Crippen LogP contribution in [0.4, 0.5) is 0 Å². The number of rotatable bonds is 3. The van der Waals surface area contributed by atoms with Crippen LogP contribution in [0.5, 0.6) is 5.75 Å². The van der Waals surface area contributed by atoms with Gasteiger partial charge in [-0.2, -0.15) is 0 Å². The molecule has 2 atom stereocenters.